The fourth-order valence-electron chi connectivity index (χ4n) is 5.18. The first-order valence-electron chi connectivity index (χ1n) is 12.3. The Balaban J connectivity index is 1.90. The number of benzene rings is 1. The predicted molar refractivity (Wildman–Crippen MR) is 144 cm³/mol. The summed E-state index contributed by atoms with van der Waals surface area (Å²) in [5.74, 6) is 0.528. The molecule has 0 aromatic heterocycles. The lowest BCUT2D eigenvalue weighted by atomic mass is 9.94. The van der Waals surface area contributed by atoms with Crippen molar-refractivity contribution in [3.63, 3.8) is 0 Å². The van der Waals surface area contributed by atoms with Crippen LogP contribution in [0.1, 0.15) is 37.4 Å². The highest BCUT2D eigenvalue weighted by molar-refractivity contribution is 7.98. The van der Waals surface area contributed by atoms with Crippen LogP contribution in [0.5, 0.6) is 11.5 Å². The lowest BCUT2D eigenvalue weighted by molar-refractivity contribution is -0.209. The van der Waals surface area contributed by atoms with Gasteiger partial charge in [0.15, 0.2) is 23.2 Å². The molecule has 2 aliphatic rings. The molecule has 4 rings (SSSR count). The maximum Gasteiger partial charge on any atom is 0.217 e. The van der Waals surface area contributed by atoms with Gasteiger partial charge in [-0.2, -0.15) is 0 Å². The minimum Gasteiger partial charge on any atom is -0.492 e. The number of aliphatic hydroxyl groups excluding tert-OH is 3. The second-order valence-corrected chi connectivity index (χ2v) is 10.3. The summed E-state index contributed by atoms with van der Waals surface area (Å²) in [4.78, 5) is 25.6. The molecule has 1 amide bonds. The van der Waals surface area contributed by atoms with Crippen LogP contribution in [0.15, 0.2) is 34.0 Å². The molecule has 2 aromatic rings. The van der Waals surface area contributed by atoms with E-state index in [9.17, 15) is 24.9 Å². The van der Waals surface area contributed by atoms with Crippen LogP contribution in [-0.4, -0.2) is 72.3 Å². The average molecular weight is 547 g/mol. The fraction of sp³-hybridized carbons (Fsp3) is 0.481. The number of carbonyl (C=O) groups excluding carboxylic acids is 1. The van der Waals surface area contributed by atoms with Crippen molar-refractivity contribution >= 4 is 23.4 Å². The smallest absolute Gasteiger partial charge is 0.217 e. The van der Waals surface area contributed by atoms with Gasteiger partial charge >= 0.3 is 0 Å². The molecule has 1 aliphatic carbocycles. The zero-order valence-corrected chi connectivity index (χ0v) is 22.8. The molecule has 1 fully saturated rings. The lowest BCUT2D eigenvalue weighted by Crippen LogP contribution is -2.58. The van der Waals surface area contributed by atoms with Gasteiger partial charge < -0.3 is 40.2 Å². The molecule has 1 heterocycles. The molecule has 0 spiro atoms. The highest BCUT2D eigenvalue weighted by Gasteiger charge is 2.42. The molecule has 6 atom stereocenters. The molecule has 0 bridgehead atoms. The zero-order chi connectivity index (χ0) is 27.7. The number of thioether (sulfide) groups is 1. The van der Waals surface area contributed by atoms with E-state index in [4.69, 9.17) is 14.2 Å². The molecule has 10 nitrogen and oxygen atoms in total. The van der Waals surface area contributed by atoms with E-state index in [1.54, 1.807) is 19.1 Å². The first-order chi connectivity index (χ1) is 18.1. The number of hydrogen-bond donors (Lipinski definition) is 5. The Morgan fingerprint density at radius 1 is 1.08 bits per heavy atom. The monoisotopic (exact) mass is 546 g/mol. The zero-order valence-electron chi connectivity index (χ0n) is 22.0. The number of anilines is 1. The van der Waals surface area contributed by atoms with Gasteiger partial charge in [-0.05, 0) is 60.9 Å². The second-order valence-electron chi connectivity index (χ2n) is 9.47. The summed E-state index contributed by atoms with van der Waals surface area (Å²) < 4.78 is 17.4. The van der Waals surface area contributed by atoms with Crippen molar-refractivity contribution in [1.29, 1.82) is 0 Å². The van der Waals surface area contributed by atoms with E-state index < -0.39 is 36.7 Å². The third-order valence-corrected chi connectivity index (χ3v) is 7.84. The SMILES string of the molecule is COc1c(N[C@@H]2O[C@@H](C)[C@@H](O)[C@@H](O)[C@@H]2O)cc2c(c1OC)-c1ccc(SC)c(=O)cc1[C@@H](NC(C)=O)CC2. The van der Waals surface area contributed by atoms with E-state index in [-0.39, 0.29) is 11.3 Å². The number of methoxy groups -OCH3 is 2. The van der Waals surface area contributed by atoms with Gasteiger partial charge in [-0.25, -0.2) is 0 Å². The third-order valence-electron chi connectivity index (χ3n) is 7.06. The quantitative estimate of drug-likeness (QED) is 0.340. The van der Waals surface area contributed by atoms with Crippen molar-refractivity contribution in [1.82, 2.24) is 5.32 Å². The van der Waals surface area contributed by atoms with E-state index in [1.807, 2.05) is 18.4 Å². The molecule has 5 N–H and O–H groups in total. The molecular weight excluding hydrogens is 512 g/mol. The molecular formula is C27H34N2O8S. The van der Waals surface area contributed by atoms with Crippen molar-refractivity contribution in [2.45, 2.75) is 68.3 Å². The summed E-state index contributed by atoms with van der Waals surface area (Å²) in [5.41, 5.74) is 3.33. The number of ether oxygens (including phenoxy) is 3. The predicted octanol–water partition coefficient (Wildman–Crippen LogP) is 1.82. The van der Waals surface area contributed by atoms with Crippen LogP contribution < -0.4 is 25.5 Å². The van der Waals surface area contributed by atoms with Crippen LogP contribution in [0.4, 0.5) is 5.69 Å². The van der Waals surface area contributed by atoms with Gasteiger partial charge in [-0.3, -0.25) is 9.59 Å². The first kappa shape index (κ1) is 28.2. The van der Waals surface area contributed by atoms with Gasteiger partial charge in [0.05, 0.1) is 36.9 Å². The van der Waals surface area contributed by atoms with Crippen LogP contribution in [0.25, 0.3) is 11.1 Å². The number of aliphatic hydroxyl groups is 3. The molecule has 11 heteroatoms. The molecule has 0 unspecified atom stereocenters. The molecule has 38 heavy (non-hydrogen) atoms. The van der Waals surface area contributed by atoms with Gasteiger partial charge in [0.2, 0.25) is 5.91 Å². The fourth-order valence-corrected chi connectivity index (χ4v) is 5.64. The van der Waals surface area contributed by atoms with Gasteiger partial charge in [-0.1, -0.05) is 6.07 Å². The van der Waals surface area contributed by atoms with Crippen LogP contribution in [0, 0.1) is 0 Å². The minimum atomic E-state index is -1.40. The van der Waals surface area contributed by atoms with Crippen molar-refractivity contribution in [2.75, 3.05) is 25.8 Å². The summed E-state index contributed by atoms with van der Waals surface area (Å²) in [6, 6.07) is 6.66. The normalized spacial score (nSPS) is 26.4. The maximum absolute atomic E-state index is 13.0. The molecule has 1 aliphatic heterocycles. The van der Waals surface area contributed by atoms with Crippen LogP contribution in [0.2, 0.25) is 0 Å². The van der Waals surface area contributed by atoms with E-state index in [2.05, 4.69) is 10.6 Å². The molecule has 0 radical (unpaired) electrons. The number of rotatable bonds is 6. The van der Waals surface area contributed by atoms with Gasteiger partial charge in [0.1, 0.15) is 18.3 Å². The van der Waals surface area contributed by atoms with Crippen molar-refractivity contribution < 1.29 is 34.3 Å². The number of nitrogens with one attached hydrogen (secondary N) is 2. The van der Waals surface area contributed by atoms with Gasteiger partial charge in [0, 0.05) is 12.5 Å². The van der Waals surface area contributed by atoms with Crippen molar-refractivity contribution in [3.05, 3.63) is 45.6 Å². The third kappa shape index (κ3) is 5.21. The summed E-state index contributed by atoms with van der Waals surface area (Å²) in [6.07, 6.45) is -2.90. The van der Waals surface area contributed by atoms with E-state index >= 15 is 0 Å². The number of carbonyl (C=O) groups is 1. The van der Waals surface area contributed by atoms with E-state index in [1.165, 1.54) is 32.9 Å². The van der Waals surface area contributed by atoms with Crippen molar-refractivity contribution in [2.24, 2.45) is 0 Å². The van der Waals surface area contributed by atoms with Crippen LogP contribution in [0.3, 0.4) is 0 Å². The summed E-state index contributed by atoms with van der Waals surface area (Å²) in [5, 5.41) is 37.0. The topological polar surface area (TPSA) is 147 Å². The molecule has 0 saturated carbocycles. The summed E-state index contributed by atoms with van der Waals surface area (Å²) in [7, 11) is 3.00. The number of hydrogen-bond acceptors (Lipinski definition) is 10. The first-order valence-corrected chi connectivity index (χ1v) is 13.6. The second kappa shape index (κ2) is 11.5. The van der Waals surface area contributed by atoms with Gasteiger partial charge in [-0.15, -0.1) is 11.8 Å². The van der Waals surface area contributed by atoms with Crippen LogP contribution in [-0.2, 0) is 16.0 Å². The Labute approximate surface area is 225 Å². The number of aryl methyl sites for hydroxylation is 1. The average Bonchev–Trinajstić information content (AvgIpc) is 3.13. The number of amides is 1. The lowest BCUT2D eigenvalue weighted by Gasteiger charge is -2.40. The Hall–Kier alpha value is -2.83. The summed E-state index contributed by atoms with van der Waals surface area (Å²) >= 11 is 1.35. The summed E-state index contributed by atoms with van der Waals surface area (Å²) in [6.45, 7) is 3.05. The van der Waals surface area contributed by atoms with Crippen molar-refractivity contribution in [3.8, 4) is 22.6 Å². The highest BCUT2D eigenvalue weighted by atomic mass is 32.2. The Morgan fingerprint density at radius 3 is 2.42 bits per heavy atom. The Bertz CT molecular complexity index is 1270. The molecule has 1 saturated heterocycles. The minimum absolute atomic E-state index is 0.139. The van der Waals surface area contributed by atoms with Gasteiger partial charge in [0.25, 0.3) is 0 Å². The highest BCUT2D eigenvalue weighted by Crippen LogP contribution is 2.49. The van der Waals surface area contributed by atoms with E-state index in [0.717, 1.165) is 16.7 Å². The molecule has 2 aromatic carbocycles. The van der Waals surface area contributed by atoms with Crippen LogP contribution >= 0.6 is 11.8 Å². The standard InChI is InChI=1S/C27H34N2O8S/c1-12-22(32)23(33)24(34)27(37-12)29-18-10-14-6-8-17(28-13(2)30)16-11-19(31)20(38-5)9-7-15(16)21(14)26(36-4)25(18)35-3/h7,9-12,17,22-24,27,29,32-34H,6,8H2,1-5H3,(H,28,30)/t12-,17-,22+,23+,24-,27+/m0/s1. The largest absolute Gasteiger partial charge is 0.492 e. The van der Waals surface area contributed by atoms with E-state index in [0.29, 0.717) is 40.5 Å². The maximum atomic E-state index is 13.0. The molecule has 206 valence electrons. The Morgan fingerprint density at radius 2 is 1.79 bits per heavy atom. The number of fused-ring (bicyclic) bond motifs is 3. The Kier molecular flexibility index (Phi) is 8.53.